The molecule has 16 heavy (non-hydrogen) atoms. The van der Waals surface area contributed by atoms with Crippen LogP contribution in [0.15, 0.2) is 24.5 Å². The highest BCUT2D eigenvalue weighted by Gasteiger charge is 2.13. The molecule has 0 aromatic carbocycles. The average Bonchev–Trinajstić information content (AvgIpc) is 2.83. The van der Waals surface area contributed by atoms with Gasteiger partial charge in [0.15, 0.2) is 0 Å². The Balaban J connectivity index is 1.71. The number of nitrogens with zero attached hydrogens (tertiary/aromatic N) is 1. The molecule has 1 saturated heterocycles. The van der Waals surface area contributed by atoms with Crippen LogP contribution in [0.4, 0.5) is 0 Å². The van der Waals surface area contributed by atoms with Gasteiger partial charge in [0.1, 0.15) is 0 Å². The van der Waals surface area contributed by atoms with Crippen LogP contribution in [-0.4, -0.2) is 30.0 Å². The third-order valence-electron chi connectivity index (χ3n) is 2.86. The van der Waals surface area contributed by atoms with Gasteiger partial charge in [-0.25, -0.2) is 0 Å². The van der Waals surface area contributed by atoms with Crippen LogP contribution >= 0.6 is 0 Å². The molecular formula is C12H17N3O. The van der Waals surface area contributed by atoms with E-state index in [4.69, 9.17) is 0 Å². The first-order valence-corrected chi connectivity index (χ1v) is 5.78. The van der Waals surface area contributed by atoms with Crippen molar-refractivity contribution in [3.63, 3.8) is 0 Å². The van der Waals surface area contributed by atoms with Crippen molar-refractivity contribution >= 4 is 5.91 Å². The Morgan fingerprint density at radius 1 is 1.62 bits per heavy atom. The average molecular weight is 219 g/mol. The van der Waals surface area contributed by atoms with E-state index in [0.717, 1.165) is 19.5 Å². The zero-order valence-electron chi connectivity index (χ0n) is 9.28. The zero-order chi connectivity index (χ0) is 11.2. The van der Waals surface area contributed by atoms with Crippen LogP contribution in [0.1, 0.15) is 29.6 Å². The highest BCUT2D eigenvalue weighted by atomic mass is 16.1. The lowest BCUT2D eigenvalue weighted by Gasteiger charge is -2.10. The van der Waals surface area contributed by atoms with Gasteiger partial charge in [-0.3, -0.25) is 9.78 Å². The van der Waals surface area contributed by atoms with Gasteiger partial charge in [-0.05, 0) is 37.9 Å². The van der Waals surface area contributed by atoms with E-state index < -0.39 is 0 Å². The van der Waals surface area contributed by atoms with Crippen molar-refractivity contribution < 1.29 is 4.79 Å². The Kier molecular flexibility index (Phi) is 3.88. The second kappa shape index (κ2) is 5.61. The molecule has 1 fully saturated rings. The number of nitrogens with one attached hydrogen (secondary N) is 2. The number of hydrogen-bond acceptors (Lipinski definition) is 3. The second-order valence-electron chi connectivity index (χ2n) is 4.08. The smallest absolute Gasteiger partial charge is 0.252 e. The van der Waals surface area contributed by atoms with Crippen LogP contribution in [0.25, 0.3) is 0 Å². The third-order valence-corrected chi connectivity index (χ3v) is 2.86. The number of hydrogen-bond donors (Lipinski definition) is 2. The normalized spacial score (nSPS) is 19.6. The van der Waals surface area contributed by atoms with E-state index in [1.54, 1.807) is 24.5 Å². The zero-order valence-corrected chi connectivity index (χ0v) is 9.28. The molecule has 0 spiro atoms. The van der Waals surface area contributed by atoms with E-state index in [9.17, 15) is 4.79 Å². The van der Waals surface area contributed by atoms with Crippen molar-refractivity contribution in [2.24, 2.45) is 0 Å². The summed E-state index contributed by atoms with van der Waals surface area (Å²) in [5.74, 6) is -0.0360. The number of carbonyl (C=O) groups excluding carboxylic acids is 1. The van der Waals surface area contributed by atoms with Crippen molar-refractivity contribution in [3.05, 3.63) is 30.1 Å². The predicted octanol–water partition coefficient (Wildman–Crippen LogP) is 0.953. The summed E-state index contributed by atoms with van der Waals surface area (Å²) in [6.45, 7) is 1.84. The Bertz CT molecular complexity index is 333. The fraction of sp³-hybridized carbons (Fsp3) is 0.500. The van der Waals surface area contributed by atoms with Gasteiger partial charge in [0, 0.05) is 25.0 Å². The van der Waals surface area contributed by atoms with Crippen molar-refractivity contribution in [3.8, 4) is 0 Å². The summed E-state index contributed by atoms with van der Waals surface area (Å²) < 4.78 is 0. The molecule has 2 N–H and O–H groups in total. The van der Waals surface area contributed by atoms with Gasteiger partial charge >= 0.3 is 0 Å². The first-order chi connectivity index (χ1) is 7.86. The molecule has 0 saturated carbocycles. The quantitative estimate of drug-likeness (QED) is 0.793. The molecule has 86 valence electrons. The molecule has 1 aliphatic rings. The van der Waals surface area contributed by atoms with E-state index in [1.165, 1.54) is 12.8 Å². The molecule has 4 nitrogen and oxygen atoms in total. The molecule has 1 aliphatic heterocycles. The van der Waals surface area contributed by atoms with Crippen LogP contribution < -0.4 is 10.6 Å². The fourth-order valence-corrected chi connectivity index (χ4v) is 1.96. The number of rotatable bonds is 4. The van der Waals surface area contributed by atoms with Gasteiger partial charge in [-0.1, -0.05) is 0 Å². The molecule has 2 rings (SSSR count). The Labute approximate surface area is 95.5 Å². The molecule has 0 aliphatic carbocycles. The van der Waals surface area contributed by atoms with Gasteiger partial charge in [0.25, 0.3) is 5.91 Å². The van der Waals surface area contributed by atoms with E-state index in [2.05, 4.69) is 15.6 Å². The molecule has 4 heteroatoms. The number of amides is 1. The topological polar surface area (TPSA) is 54.0 Å². The van der Waals surface area contributed by atoms with Crippen LogP contribution in [0.2, 0.25) is 0 Å². The summed E-state index contributed by atoms with van der Waals surface area (Å²) in [4.78, 5) is 15.6. The van der Waals surface area contributed by atoms with Crippen molar-refractivity contribution in [1.29, 1.82) is 0 Å². The van der Waals surface area contributed by atoms with Gasteiger partial charge in [-0.15, -0.1) is 0 Å². The lowest BCUT2D eigenvalue weighted by Crippen LogP contribution is -2.30. The Hall–Kier alpha value is -1.42. The monoisotopic (exact) mass is 219 g/mol. The highest BCUT2D eigenvalue weighted by molar-refractivity contribution is 5.93. The molecule has 0 unspecified atom stereocenters. The van der Waals surface area contributed by atoms with E-state index in [-0.39, 0.29) is 5.91 Å². The lowest BCUT2D eigenvalue weighted by molar-refractivity contribution is 0.0952. The van der Waals surface area contributed by atoms with E-state index >= 15 is 0 Å². The van der Waals surface area contributed by atoms with E-state index in [1.807, 2.05) is 0 Å². The van der Waals surface area contributed by atoms with Gasteiger partial charge in [-0.2, -0.15) is 0 Å². The van der Waals surface area contributed by atoms with Gasteiger partial charge in [0.05, 0.1) is 5.56 Å². The summed E-state index contributed by atoms with van der Waals surface area (Å²) in [7, 11) is 0. The molecular weight excluding hydrogens is 202 g/mol. The molecule has 1 aromatic rings. The second-order valence-corrected chi connectivity index (χ2v) is 4.08. The van der Waals surface area contributed by atoms with Gasteiger partial charge < -0.3 is 10.6 Å². The van der Waals surface area contributed by atoms with Crippen LogP contribution in [0, 0.1) is 0 Å². The van der Waals surface area contributed by atoms with Crippen LogP contribution in [0.5, 0.6) is 0 Å². The van der Waals surface area contributed by atoms with Crippen LogP contribution in [-0.2, 0) is 0 Å². The predicted molar refractivity (Wildman–Crippen MR) is 62.2 cm³/mol. The van der Waals surface area contributed by atoms with E-state index in [0.29, 0.717) is 11.6 Å². The summed E-state index contributed by atoms with van der Waals surface area (Å²) in [5, 5.41) is 6.31. The largest absolute Gasteiger partial charge is 0.352 e. The maximum absolute atomic E-state index is 11.6. The lowest BCUT2D eigenvalue weighted by atomic mass is 10.1. The minimum absolute atomic E-state index is 0.0360. The summed E-state index contributed by atoms with van der Waals surface area (Å²) in [6, 6.07) is 4.12. The minimum atomic E-state index is -0.0360. The number of aromatic nitrogens is 1. The minimum Gasteiger partial charge on any atom is -0.352 e. The maximum Gasteiger partial charge on any atom is 0.252 e. The molecule has 2 heterocycles. The first kappa shape index (κ1) is 11.1. The SMILES string of the molecule is O=C(NCC[C@@H]1CCCN1)c1cccnc1. The summed E-state index contributed by atoms with van der Waals surface area (Å²) in [6.07, 6.45) is 6.73. The van der Waals surface area contributed by atoms with Crippen LogP contribution in [0.3, 0.4) is 0 Å². The Morgan fingerprint density at radius 2 is 2.56 bits per heavy atom. The molecule has 1 atom stereocenters. The standard InChI is InChI=1S/C12H17N3O/c16-12(10-3-1-6-13-9-10)15-8-5-11-4-2-7-14-11/h1,3,6,9,11,14H,2,4-5,7-8H2,(H,15,16)/t11-/m0/s1. The van der Waals surface area contributed by atoms with Gasteiger partial charge in [0.2, 0.25) is 0 Å². The maximum atomic E-state index is 11.6. The first-order valence-electron chi connectivity index (χ1n) is 5.78. The highest BCUT2D eigenvalue weighted by Crippen LogP contribution is 2.07. The third kappa shape index (κ3) is 3.03. The van der Waals surface area contributed by atoms with Crippen molar-refractivity contribution in [2.75, 3.05) is 13.1 Å². The number of carbonyl (C=O) groups is 1. The molecule has 1 amide bonds. The Morgan fingerprint density at radius 3 is 3.25 bits per heavy atom. The molecule has 1 aromatic heterocycles. The number of pyridine rings is 1. The molecule has 0 bridgehead atoms. The molecule has 0 radical (unpaired) electrons. The summed E-state index contributed by atoms with van der Waals surface area (Å²) in [5.41, 5.74) is 0.627. The van der Waals surface area contributed by atoms with Crippen molar-refractivity contribution in [1.82, 2.24) is 15.6 Å². The fourth-order valence-electron chi connectivity index (χ4n) is 1.96. The van der Waals surface area contributed by atoms with Crippen molar-refractivity contribution in [2.45, 2.75) is 25.3 Å². The summed E-state index contributed by atoms with van der Waals surface area (Å²) >= 11 is 0.